The minimum Gasteiger partial charge on any atom is -0.468 e. The van der Waals surface area contributed by atoms with Gasteiger partial charge in [0.25, 0.3) is 6.47 Å². The van der Waals surface area contributed by atoms with Crippen molar-refractivity contribution in [2.75, 3.05) is 6.61 Å². The molecule has 0 aromatic heterocycles. The Morgan fingerprint density at radius 3 is 2.77 bits per heavy atom. The lowest BCUT2D eigenvalue weighted by molar-refractivity contribution is -0.130. The molecular formula is C20H34O2. The molecule has 0 N–H and O–H groups in total. The summed E-state index contributed by atoms with van der Waals surface area (Å²) in [6.45, 7) is 15.2. The van der Waals surface area contributed by atoms with Crippen molar-refractivity contribution in [3.63, 3.8) is 0 Å². The Balaban J connectivity index is 2.07. The lowest BCUT2D eigenvalue weighted by atomic mass is 9.47. The fourth-order valence-electron chi connectivity index (χ4n) is 5.55. The van der Waals surface area contributed by atoms with Gasteiger partial charge in [0.05, 0.1) is 6.61 Å². The first-order valence-electron chi connectivity index (χ1n) is 9.04. The van der Waals surface area contributed by atoms with Crippen molar-refractivity contribution in [2.45, 2.75) is 72.6 Å². The van der Waals surface area contributed by atoms with E-state index >= 15 is 0 Å². The quantitative estimate of drug-likeness (QED) is 0.487. The third kappa shape index (κ3) is 3.41. The molecule has 126 valence electrons. The second kappa shape index (κ2) is 6.76. The summed E-state index contributed by atoms with van der Waals surface area (Å²) in [7, 11) is 0. The number of hydrogen-bond acceptors (Lipinski definition) is 2. The predicted molar refractivity (Wildman–Crippen MR) is 91.5 cm³/mol. The molecule has 0 bridgehead atoms. The van der Waals surface area contributed by atoms with Crippen LogP contribution in [-0.2, 0) is 9.53 Å². The maximum Gasteiger partial charge on any atom is 0.293 e. The van der Waals surface area contributed by atoms with E-state index in [1.54, 1.807) is 0 Å². The van der Waals surface area contributed by atoms with Gasteiger partial charge in [-0.1, -0.05) is 46.3 Å². The van der Waals surface area contributed by atoms with E-state index in [0.717, 1.165) is 12.3 Å². The molecule has 1 unspecified atom stereocenters. The summed E-state index contributed by atoms with van der Waals surface area (Å²) < 4.78 is 4.92. The third-order valence-electron chi connectivity index (χ3n) is 6.72. The maximum atomic E-state index is 10.3. The number of rotatable bonds is 6. The first-order chi connectivity index (χ1) is 10.3. The Morgan fingerprint density at radius 1 is 1.36 bits per heavy atom. The lowest BCUT2D eigenvalue weighted by Crippen LogP contribution is -2.49. The summed E-state index contributed by atoms with van der Waals surface area (Å²) in [5.41, 5.74) is 2.36. The van der Waals surface area contributed by atoms with E-state index in [0.29, 0.717) is 35.7 Å². The molecule has 2 saturated carbocycles. The first kappa shape index (κ1) is 17.6. The Kier molecular flexibility index (Phi) is 5.40. The van der Waals surface area contributed by atoms with E-state index in [-0.39, 0.29) is 0 Å². The van der Waals surface area contributed by atoms with Crippen molar-refractivity contribution in [1.29, 1.82) is 0 Å². The van der Waals surface area contributed by atoms with Crippen molar-refractivity contribution in [1.82, 2.24) is 0 Å². The van der Waals surface area contributed by atoms with Gasteiger partial charge in [-0.05, 0) is 67.1 Å². The molecule has 22 heavy (non-hydrogen) atoms. The van der Waals surface area contributed by atoms with Crippen molar-refractivity contribution in [3.8, 4) is 0 Å². The van der Waals surface area contributed by atoms with Crippen LogP contribution < -0.4 is 0 Å². The van der Waals surface area contributed by atoms with Crippen LogP contribution in [0.2, 0.25) is 0 Å². The van der Waals surface area contributed by atoms with Gasteiger partial charge in [0, 0.05) is 0 Å². The standard InChI is InChI=1S/C20H34O2/c1-15(13-22-14-21)7-9-17-16(2)8-10-18-19(3,4)11-6-12-20(17,18)5/h14-15,17-18H,2,6-13H2,1,3-5H3/t15?,17-,18-,20+/m0/s1. The molecule has 2 nitrogen and oxygen atoms in total. The van der Waals surface area contributed by atoms with Gasteiger partial charge in [0.1, 0.15) is 0 Å². The van der Waals surface area contributed by atoms with Crippen LogP contribution in [0.25, 0.3) is 0 Å². The van der Waals surface area contributed by atoms with Crippen LogP contribution in [0.5, 0.6) is 0 Å². The van der Waals surface area contributed by atoms with E-state index in [1.165, 1.54) is 44.1 Å². The fourth-order valence-corrected chi connectivity index (χ4v) is 5.55. The average molecular weight is 306 g/mol. The zero-order chi connectivity index (χ0) is 16.4. The highest BCUT2D eigenvalue weighted by atomic mass is 16.5. The molecule has 2 aliphatic carbocycles. The van der Waals surface area contributed by atoms with E-state index in [9.17, 15) is 4.79 Å². The monoisotopic (exact) mass is 306 g/mol. The van der Waals surface area contributed by atoms with E-state index in [2.05, 4.69) is 34.3 Å². The summed E-state index contributed by atoms with van der Waals surface area (Å²) in [6, 6.07) is 0. The summed E-state index contributed by atoms with van der Waals surface area (Å²) >= 11 is 0. The summed E-state index contributed by atoms with van der Waals surface area (Å²) in [6.07, 6.45) is 8.93. The number of allylic oxidation sites excluding steroid dienone is 1. The molecule has 0 radical (unpaired) electrons. The highest BCUT2D eigenvalue weighted by Crippen LogP contribution is 2.61. The van der Waals surface area contributed by atoms with Gasteiger partial charge >= 0.3 is 0 Å². The smallest absolute Gasteiger partial charge is 0.293 e. The van der Waals surface area contributed by atoms with Crippen LogP contribution in [-0.4, -0.2) is 13.1 Å². The van der Waals surface area contributed by atoms with Crippen LogP contribution in [0.1, 0.15) is 72.6 Å². The topological polar surface area (TPSA) is 26.3 Å². The number of hydrogen-bond donors (Lipinski definition) is 0. The number of carbonyl (C=O) groups is 1. The number of carbonyl (C=O) groups excluding carboxylic acids is 1. The van der Waals surface area contributed by atoms with Gasteiger partial charge < -0.3 is 4.74 Å². The van der Waals surface area contributed by atoms with Crippen LogP contribution in [0.4, 0.5) is 0 Å². The number of fused-ring (bicyclic) bond motifs is 1. The molecular weight excluding hydrogens is 272 g/mol. The Labute approximate surface area is 136 Å². The fraction of sp³-hybridized carbons (Fsp3) is 0.850. The normalized spacial score (nSPS) is 35.5. The van der Waals surface area contributed by atoms with Gasteiger partial charge in [-0.25, -0.2) is 0 Å². The van der Waals surface area contributed by atoms with Crippen molar-refractivity contribution >= 4 is 6.47 Å². The highest BCUT2D eigenvalue weighted by molar-refractivity contribution is 5.36. The van der Waals surface area contributed by atoms with Crippen molar-refractivity contribution in [2.24, 2.45) is 28.6 Å². The second-order valence-corrected chi connectivity index (χ2v) is 8.76. The van der Waals surface area contributed by atoms with Crippen LogP contribution in [0, 0.1) is 28.6 Å². The molecule has 0 heterocycles. The molecule has 0 aromatic rings. The maximum absolute atomic E-state index is 10.3. The largest absolute Gasteiger partial charge is 0.468 e. The molecule has 0 aliphatic heterocycles. The zero-order valence-electron chi connectivity index (χ0n) is 15.0. The minimum atomic E-state index is 0.419. The predicted octanol–water partition coefficient (Wildman–Crippen LogP) is 5.37. The van der Waals surface area contributed by atoms with Crippen molar-refractivity contribution < 1.29 is 9.53 Å². The molecule has 2 heteroatoms. The molecule has 0 saturated heterocycles. The average Bonchev–Trinajstić information content (AvgIpc) is 2.43. The molecule has 0 amide bonds. The van der Waals surface area contributed by atoms with E-state index < -0.39 is 0 Å². The first-order valence-corrected chi connectivity index (χ1v) is 9.04. The SMILES string of the molecule is C=C1CC[C@H]2C(C)(C)CCC[C@]2(C)[C@H]1CCC(C)COC=O. The van der Waals surface area contributed by atoms with Crippen molar-refractivity contribution in [3.05, 3.63) is 12.2 Å². The molecule has 2 rings (SSSR count). The van der Waals surface area contributed by atoms with E-state index in [4.69, 9.17) is 4.74 Å². The van der Waals surface area contributed by atoms with Gasteiger partial charge in [0.2, 0.25) is 0 Å². The van der Waals surface area contributed by atoms with Gasteiger partial charge in [-0.2, -0.15) is 0 Å². The zero-order valence-corrected chi connectivity index (χ0v) is 15.0. The number of ether oxygens (including phenoxy) is 1. The summed E-state index contributed by atoms with van der Waals surface area (Å²) in [5.74, 6) is 1.91. The van der Waals surface area contributed by atoms with Crippen LogP contribution in [0.15, 0.2) is 12.2 Å². The van der Waals surface area contributed by atoms with Gasteiger partial charge in [0.15, 0.2) is 0 Å². The Morgan fingerprint density at radius 2 is 2.09 bits per heavy atom. The lowest BCUT2D eigenvalue weighted by Gasteiger charge is -2.58. The molecule has 2 aliphatic rings. The van der Waals surface area contributed by atoms with Crippen LogP contribution in [0.3, 0.4) is 0 Å². The third-order valence-corrected chi connectivity index (χ3v) is 6.72. The van der Waals surface area contributed by atoms with Gasteiger partial charge in [-0.3, -0.25) is 4.79 Å². The summed E-state index contributed by atoms with van der Waals surface area (Å²) in [4.78, 5) is 10.3. The molecule has 0 aromatic carbocycles. The molecule has 4 atom stereocenters. The van der Waals surface area contributed by atoms with Gasteiger partial charge in [-0.15, -0.1) is 0 Å². The van der Waals surface area contributed by atoms with Crippen LogP contribution >= 0.6 is 0 Å². The molecule has 0 spiro atoms. The van der Waals surface area contributed by atoms with E-state index in [1.807, 2.05) is 0 Å². The Bertz CT molecular complexity index is 412. The minimum absolute atomic E-state index is 0.419. The highest BCUT2D eigenvalue weighted by Gasteiger charge is 2.52. The summed E-state index contributed by atoms with van der Waals surface area (Å²) in [5, 5.41) is 0. The second-order valence-electron chi connectivity index (χ2n) is 8.76. The molecule has 2 fully saturated rings. The Hall–Kier alpha value is -0.790.